The van der Waals surface area contributed by atoms with Crippen molar-refractivity contribution in [3.05, 3.63) is 88.6 Å². The van der Waals surface area contributed by atoms with Crippen LogP contribution in [-0.2, 0) is 11.3 Å². The number of anilines is 1. The number of pyridine rings is 1. The summed E-state index contributed by atoms with van der Waals surface area (Å²) < 4.78 is 0. The van der Waals surface area contributed by atoms with E-state index in [4.69, 9.17) is 10.8 Å². The monoisotopic (exact) mass is 405 g/mol. The molecule has 0 saturated heterocycles. The van der Waals surface area contributed by atoms with Gasteiger partial charge in [0.05, 0.1) is 4.91 Å². The van der Waals surface area contributed by atoms with E-state index in [1.165, 1.54) is 6.08 Å². The molecule has 0 spiro atoms. The van der Waals surface area contributed by atoms with Gasteiger partial charge in [0.1, 0.15) is 0 Å². The third kappa shape index (κ3) is 5.10. The Hall–Kier alpha value is -3.42. The lowest BCUT2D eigenvalue weighted by molar-refractivity contribution is -0.131. The van der Waals surface area contributed by atoms with Crippen LogP contribution in [0.4, 0.5) is 5.69 Å². The molecule has 1 heterocycles. The molecule has 7 heteroatoms. The number of carboxylic acid groups (broad SMARTS) is 1. The van der Waals surface area contributed by atoms with Crippen molar-refractivity contribution in [2.45, 2.75) is 6.54 Å². The molecule has 0 aliphatic carbocycles. The van der Waals surface area contributed by atoms with Crippen LogP contribution in [0.25, 0.3) is 17.2 Å². The van der Waals surface area contributed by atoms with Crippen molar-refractivity contribution in [1.29, 1.82) is 0 Å². The maximum Gasteiger partial charge on any atom is 0.341 e. The zero-order chi connectivity index (χ0) is 20.8. The number of hydrogen-bond donors (Lipinski definition) is 4. The molecule has 2 aromatic carbocycles. The topological polar surface area (TPSA) is 105 Å². The normalized spacial score (nSPS) is 11.2. The average Bonchev–Trinajstić information content (AvgIpc) is 2.74. The first-order valence-electron chi connectivity index (χ1n) is 8.76. The maximum absolute atomic E-state index is 12.6. The summed E-state index contributed by atoms with van der Waals surface area (Å²) in [6, 6.07) is 16.1. The molecule has 6 nitrogen and oxygen atoms in total. The van der Waals surface area contributed by atoms with E-state index in [0.717, 1.165) is 16.7 Å². The zero-order valence-electron chi connectivity index (χ0n) is 15.4. The summed E-state index contributed by atoms with van der Waals surface area (Å²) in [6.45, 7) is 0.300. The van der Waals surface area contributed by atoms with Crippen molar-refractivity contribution in [2.24, 2.45) is 5.73 Å². The van der Waals surface area contributed by atoms with Gasteiger partial charge in [-0.3, -0.25) is 9.78 Å². The van der Waals surface area contributed by atoms with Crippen LogP contribution >= 0.6 is 12.6 Å². The fourth-order valence-corrected chi connectivity index (χ4v) is 2.97. The van der Waals surface area contributed by atoms with E-state index in [1.807, 2.05) is 24.3 Å². The minimum atomic E-state index is -1.10. The van der Waals surface area contributed by atoms with E-state index in [0.29, 0.717) is 23.4 Å². The third-order valence-corrected chi connectivity index (χ3v) is 4.57. The SMILES string of the molecule is NCc1ccc(C(=O)Nc2ccncc2)cc1-c1cccc(C=C(S)C(=O)O)c1. The van der Waals surface area contributed by atoms with Gasteiger partial charge in [-0.05, 0) is 58.7 Å². The molecule has 3 aromatic rings. The standard InChI is InChI=1S/C22H19N3O3S/c23-13-17-5-4-16(21(26)25-18-6-8-24-9-7-18)12-19(17)15-3-1-2-14(10-15)11-20(29)22(27)28/h1-12,29H,13,23H2,(H,27,28)(H,24,25,26). The first-order chi connectivity index (χ1) is 14.0. The molecule has 0 bridgehead atoms. The van der Waals surface area contributed by atoms with Crippen LogP contribution in [0.1, 0.15) is 21.5 Å². The van der Waals surface area contributed by atoms with E-state index in [-0.39, 0.29) is 10.8 Å². The molecule has 0 aliphatic rings. The second-order valence-corrected chi connectivity index (χ2v) is 6.71. The molecule has 29 heavy (non-hydrogen) atoms. The first-order valence-corrected chi connectivity index (χ1v) is 9.21. The summed E-state index contributed by atoms with van der Waals surface area (Å²) in [5.74, 6) is -1.35. The van der Waals surface area contributed by atoms with Crippen molar-refractivity contribution < 1.29 is 14.7 Å². The molecule has 146 valence electrons. The Morgan fingerprint density at radius 1 is 1.10 bits per heavy atom. The Bertz CT molecular complexity index is 1080. The van der Waals surface area contributed by atoms with Gasteiger partial charge in [-0.2, -0.15) is 0 Å². The number of hydrogen-bond acceptors (Lipinski definition) is 5. The van der Waals surface area contributed by atoms with Crippen LogP contribution < -0.4 is 11.1 Å². The number of rotatable bonds is 6. The van der Waals surface area contributed by atoms with Crippen LogP contribution in [-0.4, -0.2) is 22.0 Å². The summed E-state index contributed by atoms with van der Waals surface area (Å²) >= 11 is 3.97. The minimum absolute atomic E-state index is 0.0633. The van der Waals surface area contributed by atoms with Gasteiger partial charge >= 0.3 is 5.97 Å². The predicted octanol–water partition coefficient (Wildman–Crippen LogP) is 3.81. The van der Waals surface area contributed by atoms with E-state index < -0.39 is 5.97 Å². The van der Waals surface area contributed by atoms with Crippen molar-refractivity contribution in [1.82, 2.24) is 4.98 Å². The number of nitrogens with one attached hydrogen (secondary N) is 1. The Morgan fingerprint density at radius 3 is 2.55 bits per heavy atom. The molecule has 0 fully saturated rings. The molecule has 0 aliphatic heterocycles. The van der Waals surface area contributed by atoms with Gasteiger partial charge in [-0.25, -0.2) is 4.79 Å². The van der Waals surface area contributed by atoms with Gasteiger partial charge in [0, 0.05) is 30.2 Å². The van der Waals surface area contributed by atoms with Gasteiger partial charge in [0.25, 0.3) is 5.91 Å². The fourth-order valence-electron chi connectivity index (χ4n) is 2.82. The number of nitrogens with zero attached hydrogens (tertiary/aromatic N) is 1. The maximum atomic E-state index is 12.6. The summed E-state index contributed by atoms with van der Waals surface area (Å²) in [5, 5.41) is 11.9. The van der Waals surface area contributed by atoms with Crippen molar-refractivity contribution >= 4 is 36.3 Å². The van der Waals surface area contributed by atoms with Crippen molar-refractivity contribution in [3.8, 4) is 11.1 Å². The number of carbonyl (C=O) groups is 2. The molecule has 1 amide bonds. The molecular weight excluding hydrogens is 386 g/mol. The fraction of sp³-hybridized carbons (Fsp3) is 0.0455. The van der Waals surface area contributed by atoms with Crippen LogP contribution in [0.5, 0.6) is 0 Å². The molecular formula is C22H19N3O3S. The molecule has 0 atom stereocenters. The lowest BCUT2D eigenvalue weighted by atomic mass is 9.95. The van der Waals surface area contributed by atoms with Crippen LogP contribution in [0.3, 0.4) is 0 Å². The number of amides is 1. The van der Waals surface area contributed by atoms with Crippen molar-refractivity contribution in [3.63, 3.8) is 0 Å². The molecule has 0 saturated carbocycles. The first kappa shape index (κ1) is 20.3. The highest BCUT2D eigenvalue weighted by molar-refractivity contribution is 7.85. The number of aliphatic carboxylic acids is 1. The van der Waals surface area contributed by atoms with Gasteiger partial charge in [0.2, 0.25) is 0 Å². The van der Waals surface area contributed by atoms with Gasteiger partial charge in [-0.15, -0.1) is 12.6 Å². The van der Waals surface area contributed by atoms with Gasteiger partial charge in [-0.1, -0.05) is 24.3 Å². The lowest BCUT2D eigenvalue weighted by Gasteiger charge is -2.12. The summed E-state index contributed by atoms with van der Waals surface area (Å²) in [4.78, 5) is 27.5. The summed E-state index contributed by atoms with van der Waals surface area (Å²) in [5.41, 5.74) is 10.2. The number of aromatic nitrogens is 1. The Kier molecular flexibility index (Phi) is 6.43. The zero-order valence-corrected chi connectivity index (χ0v) is 16.3. The Balaban J connectivity index is 1.97. The van der Waals surface area contributed by atoms with Crippen LogP contribution in [0.15, 0.2) is 71.9 Å². The van der Waals surface area contributed by atoms with E-state index in [1.54, 1.807) is 42.7 Å². The number of benzene rings is 2. The van der Waals surface area contributed by atoms with Gasteiger partial charge in [0.15, 0.2) is 0 Å². The molecule has 1 aromatic heterocycles. The highest BCUT2D eigenvalue weighted by Gasteiger charge is 2.12. The number of thiol groups is 1. The highest BCUT2D eigenvalue weighted by atomic mass is 32.1. The minimum Gasteiger partial charge on any atom is -0.477 e. The quantitative estimate of drug-likeness (QED) is 0.369. The molecule has 0 radical (unpaired) electrons. The lowest BCUT2D eigenvalue weighted by Crippen LogP contribution is -2.12. The molecule has 4 N–H and O–H groups in total. The molecule has 3 rings (SSSR count). The molecule has 0 unspecified atom stereocenters. The smallest absolute Gasteiger partial charge is 0.341 e. The predicted molar refractivity (Wildman–Crippen MR) is 117 cm³/mol. The average molecular weight is 405 g/mol. The van der Waals surface area contributed by atoms with E-state index >= 15 is 0 Å². The second kappa shape index (κ2) is 9.18. The largest absolute Gasteiger partial charge is 0.477 e. The summed E-state index contributed by atoms with van der Waals surface area (Å²) in [7, 11) is 0. The van der Waals surface area contributed by atoms with E-state index in [9.17, 15) is 9.59 Å². The number of nitrogens with two attached hydrogens (primary N) is 1. The second-order valence-electron chi connectivity index (χ2n) is 6.23. The third-order valence-electron chi connectivity index (χ3n) is 4.25. The Morgan fingerprint density at radius 2 is 1.86 bits per heavy atom. The van der Waals surface area contributed by atoms with Crippen molar-refractivity contribution in [2.75, 3.05) is 5.32 Å². The van der Waals surface area contributed by atoms with E-state index in [2.05, 4.69) is 22.9 Å². The number of carboxylic acids is 1. The summed E-state index contributed by atoms with van der Waals surface area (Å²) in [6.07, 6.45) is 4.67. The van der Waals surface area contributed by atoms with Gasteiger partial charge < -0.3 is 16.2 Å². The van der Waals surface area contributed by atoms with Crippen LogP contribution in [0.2, 0.25) is 0 Å². The van der Waals surface area contributed by atoms with Crippen LogP contribution in [0, 0.1) is 0 Å². The number of carbonyl (C=O) groups excluding carboxylic acids is 1. The Labute approximate surface area is 173 Å². The highest BCUT2D eigenvalue weighted by Crippen LogP contribution is 2.27.